The lowest BCUT2D eigenvalue weighted by Crippen LogP contribution is -2.32. The van der Waals surface area contributed by atoms with E-state index < -0.39 is 0 Å². The lowest BCUT2D eigenvalue weighted by atomic mass is 10.1. The number of halogens is 1. The number of hydrogen-bond acceptors (Lipinski definition) is 3. The van der Waals surface area contributed by atoms with Crippen LogP contribution in [0.4, 0.5) is 0 Å². The third kappa shape index (κ3) is 5.50. The molecule has 1 aromatic heterocycles. The van der Waals surface area contributed by atoms with Gasteiger partial charge in [0, 0.05) is 17.6 Å². The quantitative estimate of drug-likeness (QED) is 0.415. The molecule has 0 saturated carbocycles. The van der Waals surface area contributed by atoms with E-state index in [1.54, 1.807) is 35.3 Å². The standard InChI is InChI=1S/C26H22ClN3O2/c27-21-13-10-20(11-14-21)16-17-30(25(31)15-12-19-6-2-1-3-7-19)18-24-28-23-9-5-4-8-22(23)26(32)29-24/h1-15H,16-18H2,(H,28,29,32). The normalized spacial score (nSPS) is 11.2. The minimum Gasteiger partial charge on any atom is -0.331 e. The lowest BCUT2D eigenvalue weighted by Gasteiger charge is -2.21. The van der Waals surface area contributed by atoms with Crippen LogP contribution in [0.15, 0.2) is 89.7 Å². The fraction of sp³-hybridized carbons (Fsp3) is 0.115. The molecule has 0 aliphatic heterocycles. The zero-order valence-corrected chi connectivity index (χ0v) is 18.1. The second kappa shape index (κ2) is 10.1. The van der Waals surface area contributed by atoms with Gasteiger partial charge in [0.15, 0.2) is 0 Å². The fourth-order valence-corrected chi connectivity index (χ4v) is 3.54. The smallest absolute Gasteiger partial charge is 0.258 e. The summed E-state index contributed by atoms with van der Waals surface area (Å²) in [7, 11) is 0. The number of hydrogen-bond donors (Lipinski definition) is 1. The highest BCUT2D eigenvalue weighted by atomic mass is 35.5. The lowest BCUT2D eigenvalue weighted by molar-refractivity contribution is -0.126. The van der Waals surface area contributed by atoms with Crippen LogP contribution in [0.2, 0.25) is 5.02 Å². The summed E-state index contributed by atoms with van der Waals surface area (Å²) in [6.07, 6.45) is 3.99. The van der Waals surface area contributed by atoms with E-state index in [0.29, 0.717) is 34.7 Å². The molecule has 3 aromatic carbocycles. The Kier molecular flexibility index (Phi) is 6.78. The molecule has 1 N–H and O–H groups in total. The van der Waals surface area contributed by atoms with Crippen LogP contribution in [0.5, 0.6) is 0 Å². The Morgan fingerprint density at radius 3 is 2.47 bits per heavy atom. The van der Waals surface area contributed by atoms with Crippen molar-refractivity contribution in [1.29, 1.82) is 0 Å². The van der Waals surface area contributed by atoms with Crippen molar-refractivity contribution in [1.82, 2.24) is 14.9 Å². The minimum atomic E-state index is -0.212. The highest BCUT2D eigenvalue weighted by Gasteiger charge is 2.14. The summed E-state index contributed by atoms with van der Waals surface area (Å²) in [6.45, 7) is 0.668. The van der Waals surface area contributed by atoms with Gasteiger partial charge in [-0.15, -0.1) is 0 Å². The van der Waals surface area contributed by atoms with Crippen molar-refractivity contribution in [2.24, 2.45) is 0 Å². The average Bonchev–Trinajstić information content (AvgIpc) is 2.82. The number of rotatable bonds is 7. The van der Waals surface area contributed by atoms with Crippen LogP contribution in [0.3, 0.4) is 0 Å². The Morgan fingerprint density at radius 1 is 0.969 bits per heavy atom. The molecule has 0 aliphatic rings. The van der Waals surface area contributed by atoms with E-state index in [1.807, 2.05) is 60.7 Å². The van der Waals surface area contributed by atoms with Gasteiger partial charge >= 0.3 is 0 Å². The second-order valence-electron chi connectivity index (χ2n) is 7.41. The second-order valence-corrected chi connectivity index (χ2v) is 7.85. The van der Waals surface area contributed by atoms with Gasteiger partial charge in [-0.25, -0.2) is 4.98 Å². The van der Waals surface area contributed by atoms with Crippen molar-refractivity contribution < 1.29 is 4.79 Å². The van der Waals surface area contributed by atoms with Crippen molar-refractivity contribution >= 4 is 34.5 Å². The Labute approximate surface area is 191 Å². The van der Waals surface area contributed by atoms with Crippen LogP contribution < -0.4 is 5.56 Å². The van der Waals surface area contributed by atoms with E-state index in [9.17, 15) is 9.59 Å². The van der Waals surface area contributed by atoms with Crippen LogP contribution in [-0.2, 0) is 17.8 Å². The number of nitrogens with one attached hydrogen (secondary N) is 1. The molecule has 32 heavy (non-hydrogen) atoms. The Morgan fingerprint density at radius 2 is 1.69 bits per heavy atom. The number of aromatic nitrogens is 2. The largest absolute Gasteiger partial charge is 0.331 e. The molecule has 6 heteroatoms. The number of carbonyl (C=O) groups excluding carboxylic acids is 1. The van der Waals surface area contributed by atoms with Gasteiger partial charge in [0.05, 0.1) is 17.4 Å². The molecule has 160 valence electrons. The molecule has 0 spiro atoms. The van der Waals surface area contributed by atoms with Crippen molar-refractivity contribution in [3.8, 4) is 0 Å². The number of amides is 1. The van der Waals surface area contributed by atoms with E-state index in [-0.39, 0.29) is 18.0 Å². The summed E-state index contributed by atoms with van der Waals surface area (Å²) in [4.78, 5) is 34.5. The van der Waals surface area contributed by atoms with Gasteiger partial charge in [-0.2, -0.15) is 0 Å². The van der Waals surface area contributed by atoms with E-state index >= 15 is 0 Å². The maximum Gasteiger partial charge on any atom is 0.258 e. The monoisotopic (exact) mass is 443 g/mol. The molecule has 5 nitrogen and oxygen atoms in total. The molecular weight excluding hydrogens is 422 g/mol. The van der Waals surface area contributed by atoms with Crippen LogP contribution in [0.25, 0.3) is 17.0 Å². The predicted octanol–water partition coefficient (Wildman–Crippen LogP) is 4.86. The third-order valence-electron chi connectivity index (χ3n) is 5.12. The number of para-hydroxylation sites is 1. The van der Waals surface area contributed by atoms with Crippen LogP contribution in [-0.4, -0.2) is 27.3 Å². The third-order valence-corrected chi connectivity index (χ3v) is 5.37. The molecule has 4 aromatic rings. The molecule has 0 fully saturated rings. The van der Waals surface area contributed by atoms with Gasteiger partial charge in [0.25, 0.3) is 5.56 Å². The summed E-state index contributed by atoms with van der Waals surface area (Å²) in [6, 6.07) is 24.4. The van der Waals surface area contributed by atoms with Crippen molar-refractivity contribution in [2.75, 3.05) is 6.54 Å². The molecular formula is C26H22ClN3O2. The minimum absolute atomic E-state index is 0.154. The fourth-order valence-electron chi connectivity index (χ4n) is 3.41. The van der Waals surface area contributed by atoms with Crippen molar-refractivity contribution in [3.05, 3.63) is 117 Å². The average molecular weight is 444 g/mol. The highest BCUT2D eigenvalue weighted by molar-refractivity contribution is 6.30. The highest BCUT2D eigenvalue weighted by Crippen LogP contribution is 2.12. The van der Waals surface area contributed by atoms with Gasteiger partial charge in [-0.3, -0.25) is 9.59 Å². The zero-order chi connectivity index (χ0) is 22.3. The molecule has 0 unspecified atom stereocenters. The van der Waals surface area contributed by atoms with Crippen LogP contribution >= 0.6 is 11.6 Å². The van der Waals surface area contributed by atoms with Gasteiger partial charge < -0.3 is 9.88 Å². The maximum atomic E-state index is 13.0. The number of fused-ring (bicyclic) bond motifs is 1. The zero-order valence-electron chi connectivity index (χ0n) is 17.4. The van der Waals surface area contributed by atoms with Gasteiger partial charge in [0.2, 0.25) is 5.91 Å². The first-order valence-corrected chi connectivity index (χ1v) is 10.7. The first-order chi connectivity index (χ1) is 15.6. The Hall–Kier alpha value is -3.70. The summed E-state index contributed by atoms with van der Waals surface area (Å²) in [5.74, 6) is 0.296. The van der Waals surface area contributed by atoms with Gasteiger partial charge in [-0.1, -0.05) is 66.2 Å². The molecule has 0 aliphatic carbocycles. The van der Waals surface area contributed by atoms with Crippen LogP contribution in [0.1, 0.15) is 17.0 Å². The first-order valence-electron chi connectivity index (χ1n) is 10.3. The van der Waals surface area contributed by atoms with Crippen molar-refractivity contribution in [2.45, 2.75) is 13.0 Å². The Bertz CT molecular complexity index is 1300. The molecule has 1 heterocycles. The first kappa shape index (κ1) is 21.5. The molecule has 0 radical (unpaired) electrons. The number of aromatic amines is 1. The van der Waals surface area contributed by atoms with E-state index in [2.05, 4.69) is 9.97 Å². The predicted molar refractivity (Wildman–Crippen MR) is 128 cm³/mol. The summed E-state index contributed by atoms with van der Waals surface area (Å²) in [5.41, 5.74) is 2.40. The molecule has 0 bridgehead atoms. The molecule has 1 amide bonds. The number of H-pyrrole nitrogens is 1. The SMILES string of the molecule is O=C(C=Cc1ccccc1)N(CCc1ccc(Cl)cc1)Cc1nc2ccccc2c(=O)[nH]1. The summed E-state index contributed by atoms with van der Waals surface area (Å²) in [5, 5.41) is 1.20. The number of carbonyl (C=O) groups is 1. The van der Waals surface area contributed by atoms with Crippen LogP contribution in [0, 0.1) is 0 Å². The molecule has 0 atom stereocenters. The van der Waals surface area contributed by atoms with E-state index in [0.717, 1.165) is 11.1 Å². The van der Waals surface area contributed by atoms with E-state index in [4.69, 9.17) is 11.6 Å². The number of nitrogens with zero attached hydrogens (tertiary/aromatic N) is 2. The Balaban J connectivity index is 1.57. The molecule has 4 rings (SSSR count). The maximum absolute atomic E-state index is 13.0. The van der Waals surface area contributed by atoms with Gasteiger partial charge in [0.1, 0.15) is 5.82 Å². The van der Waals surface area contributed by atoms with Crippen molar-refractivity contribution in [3.63, 3.8) is 0 Å². The summed E-state index contributed by atoms with van der Waals surface area (Å²) >= 11 is 5.98. The molecule has 0 saturated heterocycles. The van der Waals surface area contributed by atoms with Gasteiger partial charge in [-0.05, 0) is 47.9 Å². The topological polar surface area (TPSA) is 66.1 Å². The number of benzene rings is 3. The summed E-state index contributed by atoms with van der Waals surface area (Å²) < 4.78 is 0. The van der Waals surface area contributed by atoms with E-state index in [1.165, 1.54) is 0 Å².